The predicted octanol–water partition coefficient (Wildman–Crippen LogP) is 1.76. The zero-order valence-corrected chi connectivity index (χ0v) is 19.7. The molecule has 1 aliphatic rings. The van der Waals surface area contributed by atoms with Crippen LogP contribution in [-0.2, 0) is 24.9 Å². The lowest BCUT2D eigenvalue weighted by Crippen LogP contribution is -2.40. The van der Waals surface area contributed by atoms with Crippen LogP contribution >= 0.6 is 35.3 Å². The van der Waals surface area contributed by atoms with Gasteiger partial charge in [0.2, 0.25) is 0 Å². The minimum Gasteiger partial charge on any atom is -0.379 e. The number of rotatable bonds is 8. The molecule has 2 aromatic rings. The molecule has 0 radical (unpaired) electrons. The first kappa shape index (κ1) is 23.0. The Morgan fingerprint density at radius 1 is 1.29 bits per heavy atom. The number of hydrogen-bond donors (Lipinski definition) is 2. The molecule has 2 N–H and O–H groups in total. The largest absolute Gasteiger partial charge is 0.379 e. The SMILES string of the molecule is Cc1nnc(CNC(=NCc2ccsc2)NCCCN2CCOCC2)n1C.I. The van der Waals surface area contributed by atoms with E-state index in [0.717, 1.165) is 63.4 Å². The van der Waals surface area contributed by atoms with E-state index in [0.29, 0.717) is 13.1 Å². The van der Waals surface area contributed by atoms with Crippen molar-refractivity contribution in [3.63, 3.8) is 0 Å². The molecule has 0 aliphatic carbocycles. The van der Waals surface area contributed by atoms with E-state index in [4.69, 9.17) is 9.73 Å². The number of morpholine rings is 1. The monoisotopic (exact) mass is 519 g/mol. The molecule has 0 spiro atoms. The summed E-state index contributed by atoms with van der Waals surface area (Å²) in [5.74, 6) is 2.61. The molecule has 3 heterocycles. The van der Waals surface area contributed by atoms with Gasteiger partial charge in [0.15, 0.2) is 11.8 Å². The quantitative estimate of drug-likeness (QED) is 0.240. The van der Waals surface area contributed by atoms with E-state index >= 15 is 0 Å². The summed E-state index contributed by atoms with van der Waals surface area (Å²) in [7, 11) is 1.98. The number of aromatic nitrogens is 3. The predicted molar refractivity (Wildman–Crippen MR) is 123 cm³/mol. The van der Waals surface area contributed by atoms with E-state index < -0.39 is 0 Å². The van der Waals surface area contributed by atoms with Gasteiger partial charge in [0, 0.05) is 26.7 Å². The van der Waals surface area contributed by atoms with Crippen molar-refractivity contribution in [1.82, 2.24) is 30.3 Å². The molecular formula is C18H30IN7OS. The van der Waals surface area contributed by atoms with E-state index in [1.807, 2.05) is 18.5 Å². The molecule has 1 aliphatic heterocycles. The van der Waals surface area contributed by atoms with Crippen LogP contribution in [0.3, 0.4) is 0 Å². The summed E-state index contributed by atoms with van der Waals surface area (Å²) in [6.07, 6.45) is 1.07. The lowest BCUT2D eigenvalue weighted by atomic mass is 10.3. The van der Waals surface area contributed by atoms with Gasteiger partial charge in [0.25, 0.3) is 0 Å². The summed E-state index contributed by atoms with van der Waals surface area (Å²) in [6, 6.07) is 2.11. The zero-order chi connectivity index (χ0) is 18.9. The molecule has 0 atom stereocenters. The minimum absolute atomic E-state index is 0. The Kier molecular flexibility index (Phi) is 10.2. The van der Waals surface area contributed by atoms with Gasteiger partial charge in [-0.1, -0.05) is 0 Å². The highest BCUT2D eigenvalue weighted by Gasteiger charge is 2.10. The summed E-state index contributed by atoms with van der Waals surface area (Å²) in [6.45, 7) is 8.92. The average molecular weight is 519 g/mol. The minimum atomic E-state index is 0. The van der Waals surface area contributed by atoms with Crippen LogP contribution in [0.25, 0.3) is 0 Å². The molecule has 8 nitrogen and oxygen atoms in total. The third-order valence-corrected chi connectivity index (χ3v) is 5.38. The Morgan fingerprint density at radius 3 is 2.79 bits per heavy atom. The number of hydrogen-bond acceptors (Lipinski definition) is 6. The van der Waals surface area contributed by atoms with Crippen molar-refractivity contribution in [3.8, 4) is 0 Å². The Labute approximate surface area is 187 Å². The smallest absolute Gasteiger partial charge is 0.191 e. The fourth-order valence-electron chi connectivity index (χ4n) is 2.83. The number of halogens is 1. The summed E-state index contributed by atoms with van der Waals surface area (Å²) < 4.78 is 7.39. The molecule has 0 saturated carbocycles. The third-order valence-electron chi connectivity index (χ3n) is 4.64. The van der Waals surface area contributed by atoms with Crippen LogP contribution in [0.4, 0.5) is 0 Å². The zero-order valence-electron chi connectivity index (χ0n) is 16.6. The lowest BCUT2D eigenvalue weighted by molar-refractivity contribution is 0.0376. The van der Waals surface area contributed by atoms with Crippen molar-refractivity contribution < 1.29 is 4.74 Å². The van der Waals surface area contributed by atoms with Gasteiger partial charge in [-0.05, 0) is 42.3 Å². The first-order valence-electron chi connectivity index (χ1n) is 9.40. The van der Waals surface area contributed by atoms with Crippen molar-refractivity contribution in [2.75, 3.05) is 39.4 Å². The standard InChI is InChI=1S/C18H29N7OS.HI/c1-15-22-23-17(24(15)2)13-21-18(20-12-16-4-11-27-14-16)19-5-3-6-25-7-9-26-10-8-25;/h4,11,14H,3,5-10,12-13H2,1-2H3,(H2,19,20,21);1H. The van der Waals surface area contributed by atoms with Gasteiger partial charge in [-0.15, -0.1) is 34.2 Å². The topological polar surface area (TPSA) is 79.6 Å². The van der Waals surface area contributed by atoms with Gasteiger partial charge in [-0.25, -0.2) is 4.99 Å². The van der Waals surface area contributed by atoms with Crippen LogP contribution in [0.2, 0.25) is 0 Å². The first-order valence-corrected chi connectivity index (χ1v) is 10.3. The maximum atomic E-state index is 5.40. The van der Waals surface area contributed by atoms with Gasteiger partial charge >= 0.3 is 0 Å². The van der Waals surface area contributed by atoms with E-state index in [1.54, 1.807) is 11.3 Å². The molecule has 1 fully saturated rings. The van der Waals surface area contributed by atoms with Gasteiger partial charge < -0.3 is 19.9 Å². The van der Waals surface area contributed by atoms with Crippen LogP contribution in [0.5, 0.6) is 0 Å². The molecule has 0 aromatic carbocycles. The average Bonchev–Trinajstić information content (AvgIpc) is 3.32. The van der Waals surface area contributed by atoms with E-state index in [9.17, 15) is 0 Å². The number of aryl methyl sites for hydroxylation is 1. The molecule has 0 bridgehead atoms. The molecule has 1 saturated heterocycles. The summed E-state index contributed by atoms with van der Waals surface area (Å²) >= 11 is 1.70. The number of nitrogens with one attached hydrogen (secondary N) is 2. The van der Waals surface area contributed by atoms with Gasteiger partial charge in [0.05, 0.1) is 26.3 Å². The summed E-state index contributed by atoms with van der Waals surface area (Å²) in [5.41, 5.74) is 1.23. The number of thiophene rings is 1. The van der Waals surface area contributed by atoms with Crippen molar-refractivity contribution in [1.29, 1.82) is 0 Å². The normalized spacial score (nSPS) is 15.3. The molecule has 0 unspecified atom stereocenters. The van der Waals surface area contributed by atoms with Crippen molar-refractivity contribution in [3.05, 3.63) is 34.0 Å². The summed E-state index contributed by atoms with van der Waals surface area (Å²) in [5, 5.41) is 19.3. The van der Waals surface area contributed by atoms with Gasteiger partial charge in [-0.2, -0.15) is 11.3 Å². The second-order valence-corrected chi connectivity index (χ2v) is 7.39. The third kappa shape index (κ3) is 7.30. The van der Waals surface area contributed by atoms with E-state index in [-0.39, 0.29) is 24.0 Å². The van der Waals surface area contributed by atoms with Crippen LogP contribution < -0.4 is 10.6 Å². The molecule has 156 valence electrons. The highest BCUT2D eigenvalue weighted by atomic mass is 127. The van der Waals surface area contributed by atoms with E-state index in [2.05, 4.69) is 42.6 Å². The number of nitrogens with zero attached hydrogens (tertiary/aromatic N) is 5. The second kappa shape index (κ2) is 12.3. The summed E-state index contributed by atoms with van der Waals surface area (Å²) in [4.78, 5) is 7.16. The maximum absolute atomic E-state index is 5.40. The van der Waals surface area contributed by atoms with Gasteiger partial charge in [0.1, 0.15) is 5.82 Å². The van der Waals surface area contributed by atoms with E-state index in [1.165, 1.54) is 5.56 Å². The maximum Gasteiger partial charge on any atom is 0.191 e. The second-order valence-electron chi connectivity index (χ2n) is 6.61. The van der Waals surface area contributed by atoms with Crippen molar-refractivity contribution in [2.45, 2.75) is 26.4 Å². The lowest BCUT2D eigenvalue weighted by Gasteiger charge is -2.26. The fraction of sp³-hybridized carbons (Fsp3) is 0.611. The van der Waals surface area contributed by atoms with Crippen LogP contribution in [0.1, 0.15) is 23.6 Å². The Hall–Kier alpha value is -1.24. The van der Waals surface area contributed by atoms with Crippen LogP contribution in [0.15, 0.2) is 21.8 Å². The first-order chi connectivity index (χ1) is 13.2. The number of guanidine groups is 1. The molecule has 0 amide bonds. The fourth-order valence-corrected chi connectivity index (χ4v) is 3.49. The van der Waals surface area contributed by atoms with Crippen molar-refractivity contribution in [2.24, 2.45) is 12.0 Å². The van der Waals surface area contributed by atoms with Crippen LogP contribution in [-0.4, -0.2) is 65.0 Å². The number of ether oxygens (including phenoxy) is 1. The van der Waals surface area contributed by atoms with Gasteiger partial charge in [-0.3, -0.25) is 4.90 Å². The Bertz CT molecular complexity index is 714. The van der Waals surface area contributed by atoms with Crippen molar-refractivity contribution >= 4 is 41.3 Å². The number of aliphatic imine (C=N–C) groups is 1. The van der Waals surface area contributed by atoms with Crippen LogP contribution in [0, 0.1) is 6.92 Å². The molecular weight excluding hydrogens is 489 g/mol. The highest BCUT2D eigenvalue weighted by molar-refractivity contribution is 14.0. The highest BCUT2D eigenvalue weighted by Crippen LogP contribution is 2.07. The Morgan fingerprint density at radius 2 is 2.11 bits per heavy atom. The molecule has 28 heavy (non-hydrogen) atoms. The molecule has 2 aromatic heterocycles. The molecule has 10 heteroatoms. The Balaban J connectivity index is 0.00000280. The molecule has 3 rings (SSSR count).